The Balaban J connectivity index is 1.73. The zero-order valence-corrected chi connectivity index (χ0v) is 14.6. The third-order valence-corrected chi connectivity index (χ3v) is 5.88. The molecular weight excluding hydrogens is 352 g/mol. The minimum atomic E-state index is 0.0924. The number of hydrogen-bond donors (Lipinski definition) is 0. The summed E-state index contributed by atoms with van der Waals surface area (Å²) in [5.74, 6) is 1.04. The van der Waals surface area contributed by atoms with Crippen LogP contribution in [-0.4, -0.2) is 13.2 Å². The predicted octanol–water partition coefficient (Wildman–Crippen LogP) is 5.30. The first-order valence-corrected chi connectivity index (χ1v) is 9.16. The number of benzene rings is 2. The van der Waals surface area contributed by atoms with E-state index in [0.717, 1.165) is 30.5 Å². The van der Waals surface area contributed by atoms with Gasteiger partial charge in [0, 0.05) is 23.6 Å². The molecule has 2 nitrogen and oxygen atoms in total. The predicted molar refractivity (Wildman–Crippen MR) is 94.2 cm³/mol. The summed E-state index contributed by atoms with van der Waals surface area (Å²) in [7, 11) is 0. The fourth-order valence-corrected chi connectivity index (χ4v) is 4.57. The molecule has 4 rings (SSSR count). The summed E-state index contributed by atoms with van der Waals surface area (Å²) in [5, 5.41) is 0. The van der Waals surface area contributed by atoms with Crippen molar-refractivity contribution in [3.05, 3.63) is 70.2 Å². The maximum atomic E-state index is 6.26. The first kappa shape index (κ1) is 15.4. The van der Waals surface area contributed by atoms with Crippen LogP contribution in [0.1, 0.15) is 36.2 Å². The van der Waals surface area contributed by atoms with Crippen LogP contribution in [0.4, 0.5) is 0 Å². The molecular formula is C20H21BrO2. The quantitative estimate of drug-likeness (QED) is 0.711. The van der Waals surface area contributed by atoms with Crippen molar-refractivity contribution in [3.8, 4) is 0 Å². The Morgan fingerprint density at radius 1 is 0.783 bits per heavy atom. The Morgan fingerprint density at radius 2 is 1.43 bits per heavy atom. The van der Waals surface area contributed by atoms with E-state index in [-0.39, 0.29) is 12.2 Å². The Bertz CT molecular complexity index is 656. The van der Waals surface area contributed by atoms with Crippen molar-refractivity contribution in [2.45, 2.75) is 25.0 Å². The fraction of sp³-hybridized carbons (Fsp3) is 0.400. The fourth-order valence-electron chi connectivity index (χ4n) is 4.06. The van der Waals surface area contributed by atoms with E-state index < -0.39 is 0 Å². The van der Waals surface area contributed by atoms with Gasteiger partial charge in [-0.05, 0) is 36.0 Å². The van der Waals surface area contributed by atoms with Gasteiger partial charge in [0.15, 0.2) is 0 Å². The van der Waals surface area contributed by atoms with Crippen LogP contribution in [0.2, 0.25) is 0 Å². The van der Waals surface area contributed by atoms with E-state index in [1.165, 1.54) is 11.1 Å². The topological polar surface area (TPSA) is 18.5 Å². The van der Waals surface area contributed by atoms with Gasteiger partial charge in [-0.2, -0.15) is 0 Å². The Hall–Kier alpha value is -1.16. The second kappa shape index (κ2) is 6.76. The maximum Gasteiger partial charge on any atom is 0.0894 e. The highest BCUT2D eigenvalue weighted by Crippen LogP contribution is 2.50. The first-order valence-electron chi connectivity index (χ1n) is 8.37. The van der Waals surface area contributed by atoms with Gasteiger partial charge in [0.25, 0.3) is 0 Å². The maximum absolute atomic E-state index is 6.26. The Kier molecular flexibility index (Phi) is 4.52. The molecule has 3 heteroatoms. The summed E-state index contributed by atoms with van der Waals surface area (Å²) in [5.41, 5.74) is 2.51. The molecule has 4 atom stereocenters. The van der Waals surface area contributed by atoms with Crippen LogP contribution in [0.5, 0.6) is 0 Å². The third kappa shape index (κ3) is 2.98. The van der Waals surface area contributed by atoms with Crippen LogP contribution in [0.15, 0.2) is 59.1 Å². The molecule has 2 heterocycles. The van der Waals surface area contributed by atoms with Gasteiger partial charge in [-0.1, -0.05) is 64.5 Å². The average Bonchev–Trinajstić information content (AvgIpc) is 2.62. The molecule has 2 aliphatic rings. The summed E-state index contributed by atoms with van der Waals surface area (Å²) in [4.78, 5) is 0. The lowest BCUT2D eigenvalue weighted by atomic mass is 9.72. The van der Waals surface area contributed by atoms with Gasteiger partial charge in [0.1, 0.15) is 0 Å². The van der Waals surface area contributed by atoms with Crippen molar-refractivity contribution in [2.75, 3.05) is 13.2 Å². The number of hydrogen-bond acceptors (Lipinski definition) is 2. The molecule has 0 bridgehead atoms. The van der Waals surface area contributed by atoms with E-state index in [4.69, 9.17) is 9.47 Å². The third-order valence-electron chi connectivity index (χ3n) is 5.16. The van der Waals surface area contributed by atoms with Crippen LogP contribution in [0.3, 0.4) is 0 Å². The molecule has 0 unspecified atom stereocenters. The van der Waals surface area contributed by atoms with Crippen LogP contribution < -0.4 is 0 Å². The highest BCUT2D eigenvalue weighted by atomic mass is 79.9. The van der Waals surface area contributed by atoms with Gasteiger partial charge in [-0.25, -0.2) is 0 Å². The van der Waals surface area contributed by atoms with Gasteiger partial charge >= 0.3 is 0 Å². The van der Waals surface area contributed by atoms with Crippen molar-refractivity contribution in [3.63, 3.8) is 0 Å². The van der Waals surface area contributed by atoms with Crippen LogP contribution in [-0.2, 0) is 9.47 Å². The first-order chi connectivity index (χ1) is 11.3. The molecule has 2 aromatic carbocycles. The molecule has 23 heavy (non-hydrogen) atoms. The van der Waals surface area contributed by atoms with E-state index in [9.17, 15) is 0 Å². The van der Waals surface area contributed by atoms with Crippen molar-refractivity contribution in [1.29, 1.82) is 0 Å². The standard InChI is InChI=1S/C20H21BrO2/c21-17-9-5-4-8-16(17)20-18-14(11-13-23-20)10-12-22-19(18)15-6-2-1-3-7-15/h1-9,14,18-20H,10-13H2/t14-,18-,19+,20-/m1/s1. The SMILES string of the molecule is Brc1ccccc1[C@H]1OCC[C@H]2CCO[C@@H](c3ccccc3)[C@@H]21. The van der Waals surface area contributed by atoms with Crippen LogP contribution >= 0.6 is 15.9 Å². The van der Waals surface area contributed by atoms with Gasteiger partial charge in [-0.15, -0.1) is 0 Å². The van der Waals surface area contributed by atoms with Crippen molar-refractivity contribution in [1.82, 2.24) is 0 Å². The lowest BCUT2D eigenvalue weighted by molar-refractivity contribution is -0.158. The monoisotopic (exact) mass is 372 g/mol. The second-order valence-corrected chi connectivity index (χ2v) is 7.28. The number of halogens is 1. The average molecular weight is 373 g/mol. The normalized spacial score (nSPS) is 30.7. The highest BCUT2D eigenvalue weighted by molar-refractivity contribution is 9.10. The molecule has 2 fully saturated rings. The van der Waals surface area contributed by atoms with Gasteiger partial charge in [0.05, 0.1) is 12.2 Å². The van der Waals surface area contributed by atoms with E-state index in [1.807, 2.05) is 0 Å². The molecule has 2 aliphatic heterocycles. The van der Waals surface area contributed by atoms with Crippen molar-refractivity contribution >= 4 is 15.9 Å². The summed E-state index contributed by atoms with van der Waals surface area (Å²) in [6, 6.07) is 19.0. The molecule has 0 radical (unpaired) electrons. The number of fused-ring (bicyclic) bond motifs is 1. The summed E-state index contributed by atoms with van der Waals surface area (Å²) < 4.78 is 13.6. The van der Waals surface area contributed by atoms with Gasteiger partial charge in [-0.3, -0.25) is 0 Å². The molecule has 120 valence electrons. The zero-order chi connectivity index (χ0) is 15.6. The Labute approximate surface area is 145 Å². The zero-order valence-electron chi connectivity index (χ0n) is 13.0. The number of ether oxygens (including phenoxy) is 2. The van der Waals surface area contributed by atoms with E-state index in [1.54, 1.807) is 0 Å². The molecule has 2 saturated heterocycles. The molecule has 2 aromatic rings. The van der Waals surface area contributed by atoms with Crippen LogP contribution in [0, 0.1) is 11.8 Å². The van der Waals surface area contributed by atoms with E-state index >= 15 is 0 Å². The Morgan fingerprint density at radius 3 is 2.17 bits per heavy atom. The van der Waals surface area contributed by atoms with Crippen molar-refractivity contribution < 1.29 is 9.47 Å². The summed E-state index contributed by atoms with van der Waals surface area (Å²) in [6.07, 6.45) is 2.48. The van der Waals surface area contributed by atoms with Gasteiger partial charge < -0.3 is 9.47 Å². The minimum absolute atomic E-state index is 0.0924. The molecule has 0 saturated carbocycles. The van der Waals surface area contributed by atoms with E-state index in [2.05, 4.69) is 70.5 Å². The van der Waals surface area contributed by atoms with Gasteiger partial charge in [0.2, 0.25) is 0 Å². The van der Waals surface area contributed by atoms with Crippen LogP contribution in [0.25, 0.3) is 0 Å². The minimum Gasteiger partial charge on any atom is -0.373 e. The molecule has 0 N–H and O–H groups in total. The smallest absolute Gasteiger partial charge is 0.0894 e. The second-order valence-electron chi connectivity index (χ2n) is 6.43. The molecule has 0 amide bonds. The summed E-state index contributed by atoms with van der Waals surface area (Å²) in [6.45, 7) is 1.69. The molecule has 0 spiro atoms. The summed E-state index contributed by atoms with van der Waals surface area (Å²) >= 11 is 3.70. The molecule has 0 aromatic heterocycles. The number of rotatable bonds is 2. The van der Waals surface area contributed by atoms with Crippen molar-refractivity contribution in [2.24, 2.45) is 11.8 Å². The lowest BCUT2D eigenvalue weighted by Crippen LogP contribution is -2.40. The molecule has 0 aliphatic carbocycles. The highest BCUT2D eigenvalue weighted by Gasteiger charge is 2.44. The largest absolute Gasteiger partial charge is 0.373 e. The van der Waals surface area contributed by atoms with E-state index in [0.29, 0.717) is 11.8 Å². The lowest BCUT2D eigenvalue weighted by Gasteiger charge is -2.46.